The molecule has 19 heteroatoms. The highest BCUT2D eigenvalue weighted by atomic mass is 35.5. The Bertz CT molecular complexity index is 3430. The molecule has 77 heavy (non-hydrogen) atoms. The molecule has 0 fully saturated rings. The molecular formula is C58H55ClN6O12. The highest BCUT2D eigenvalue weighted by molar-refractivity contribution is 6.61. The van der Waals surface area contributed by atoms with E-state index < -0.39 is 27.3 Å². The number of hydrogen-bond donors (Lipinski definition) is 5. The van der Waals surface area contributed by atoms with Crippen LogP contribution in [0.4, 0.5) is 43.7 Å². The van der Waals surface area contributed by atoms with Crippen LogP contribution in [0.5, 0.6) is 23.0 Å². The summed E-state index contributed by atoms with van der Waals surface area (Å²) in [5.41, 5.74) is 3.93. The molecule has 18 nitrogen and oxygen atoms in total. The van der Waals surface area contributed by atoms with E-state index in [0.29, 0.717) is 40.5 Å². The number of nitrogens with zero attached hydrogens (tertiary/aromatic N) is 3. The van der Waals surface area contributed by atoms with Crippen LogP contribution in [-0.2, 0) is 0 Å². The number of nitro groups is 2. The lowest BCUT2D eigenvalue weighted by atomic mass is 10.0. The van der Waals surface area contributed by atoms with Crippen molar-refractivity contribution in [3.63, 3.8) is 0 Å². The van der Waals surface area contributed by atoms with Crippen LogP contribution < -0.4 is 30.3 Å². The summed E-state index contributed by atoms with van der Waals surface area (Å²) in [6.07, 6.45) is 3.04. The zero-order valence-corrected chi connectivity index (χ0v) is 43.2. The third-order valence-corrected chi connectivity index (χ3v) is 12.0. The largest absolute Gasteiger partial charge is 0.506 e. The number of rotatable bonds is 16. The number of fused-ring (bicyclic) bond motifs is 2. The van der Waals surface area contributed by atoms with Gasteiger partial charge in [0.15, 0.2) is 0 Å². The average molecular weight is 1060 g/mol. The molecular weight excluding hydrogens is 1010 g/mol. The number of amides is 3. The summed E-state index contributed by atoms with van der Waals surface area (Å²) >= 11 is 4.92. The van der Waals surface area contributed by atoms with Gasteiger partial charge in [-0.1, -0.05) is 99.5 Å². The van der Waals surface area contributed by atoms with Crippen molar-refractivity contribution in [3.05, 3.63) is 200 Å². The van der Waals surface area contributed by atoms with Crippen LogP contribution in [0.2, 0.25) is 0 Å². The highest BCUT2D eigenvalue weighted by Gasteiger charge is 2.23. The number of ether oxygens (including phenoxy) is 2. The van der Waals surface area contributed by atoms with Crippen LogP contribution in [0.3, 0.4) is 0 Å². The predicted octanol–water partition coefficient (Wildman–Crippen LogP) is 14.5. The number of nitrogens with one attached hydrogen (secondary N) is 3. The summed E-state index contributed by atoms with van der Waals surface area (Å²) in [5, 5.41) is 54.5. The first-order valence-electron chi connectivity index (χ1n) is 24.3. The summed E-state index contributed by atoms with van der Waals surface area (Å²) in [5.74, 6) is -0.624. The minimum atomic E-state index is -0.978. The minimum absolute atomic E-state index is 0.00715. The van der Waals surface area contributed by atoms with Crippen LogP contribution in [0.25, 0.3) is 21.5 Å². The van der Waals surface area contributed by atoms with E-state index in [2.05, 4.69) is 27.6 Å². The lowest BCUT2D eigenvalue weighted by molar-refractivity contribution is -0.385. The molecule has 3 amide bonds. The lowest BCUT2D eigenvalue weighted by Crippen LogP contribution is -2.34. The van der Waals surface area contributed by atoms with E-state index in [9.17, 15) is 49.6 Å². The van der Waals surface area contributed by atoms with E-state index in [4.69, 9.17) is 16.3 Å². The quantitative estimate of drug-likeness (QED) is 0.0262. The van der Waals surface area contributed by atoms with Gasteiger partial charge >= 0.3 is 11.5 Å². The maximum Gasteiger partial charge on any atom is 0.419 e. The first kappa shape index (κ1) is 56.7. The molecule has 8 rings (SSSR count). The summed E-state index contributed by atoms with van der Waals surface area (Å²) < 4.78 is 9.97. The Morgan fingerprint density at radius 3 is 1.48 bits per heavy atom. The number of phenolic OH excluding ortho intramolecular Hbond substituents is 2. The standard InChI is InChI=1S/C29H27N3O6.C22H24N2O2.C7H4ClNO4/c1-3-4-18-31(29(35)38-21-14-12-20(13-15-21)32(36)37)26-11-7-9-23-22(26)16-17-24(27(23)33)28(34)30-25-10-6-5-8-19(25)2;1-3-4-14-23-20-11-7-9-17-16(20)12-13-18(21(17)25)22(26)24-19-10-6-5-8-15(19)2;8-7(10)13-6-3-1-5(2-4-6)9(11)12/h5-17,33H,3-4,18H2,1-2H3,(H,30,34);5-13,23,25H,3-4,14H2,1-2H3,(H,24,26);1-4H. The number of para-hydroxylation sites is 2. The molecule has 0 bridgehead atoms. The molecule has 0 aromatic heterocycles. The fourth-order valence-electron chi connectivity index (χ4n) is 7.78. The number of aryl methyl sites for hydroxylation is 2. The number of carbonyl (C=O) groups is 4. The normalized spacial score (nSPS) is 10.5. The summed E-state index contributed by atoms with van der Waals surface area (Å²) in [7, 11) is 0. The molecule has 0 atom stereocenters. The second-order valence-corrected chi connectivity index (χ2v) is 17.5. The first-order chi connectivity index (χ1) is 37.0. The Morgan fingerprint density at radius 2 is 1.00 bits per heavy atom. The van der Waals surface area contributed by atoms with Gasteiger partial charge in [-0.25, -0.2) is 9.59 Å². The zero-order chi connectivity index (χ0) is 55.6. The van der Waals surface area contributed by atoms with Gasteiger partial charge in [0.05, 0.1) is 26.7 Å². The molecule has 0 radical (unpaired) electrons. The number of non-ortho nitro benzene ring substituents is 2. The van der Waals surface area contributed by atoms with Gasteiger partial charge in [0.1, 0.15) is 23.0 Å². The molecule has 0 unspecified atom stereocenters. The van der Waals surface area contributed by atoms with Crippen molar-refractivity contribution < 1.29 is 48.7 Å². The number of halogens is 1. The van der Waals surface area contributed by atoms with Crippen LogP contribution in [0.1, 0.15) is 71.4 Å². The Balaban J connectivity index is 0.000000211. The molecule has 0 aliphatic carbocycles. The molecule has 8 aromatic carbocycles. The van der Waals surface area contributed by atoms with E-state index in [1.165, 1.54) is 59.5 Å². The first-order valence-corrected chi connectivity index (χ1v) is 24.7. The Hall–Kier alpha value is -9.55. The lowest BCUT2D eigenvalue weighted by Gasteiger charge is -2.24. The number of phenols is 2. The second kappa shape index (κ2) is 27.1. The monoisotopic (exact) mass is 1060 g/mol. The van der Waals surface area contributed by atoms with Gasteiger partial charge in [0.2, 0.25) is 0 Å². The Kier molecular flexibility index (Phi) is 20.0. The van der Waals surface area contributed by atoms with Crippen molar-refractivity contribution in [1.29, 1.82) is 0 Å². The van der Waals surface area contributed by atoms with Gasteiger partial charge in [-0.05, 0) is 98.5 Å². The van der Waals surface area contributed by atoms with Gasteiger partial charge in [-0.15, -0.1) is 0 Å². The maximum atomic E-state index is 13.2. The van der Waals surface area contributed by atoms with Gasteiger partial charge in [-0.3, -0.25) is 34.7 Å². The third-order valence-electron chi connectivity index (χ3n) is 11.9. The Morgan fingerprint density at radius 1 is 0.545 bits per heavy atom. The summed E-state index contributed by atoms with van der Waals surface area (Å²) in [6.45, 7) is 9.18. The molecule has 0 spiro atoms. The predicted molar refractivity (Wildman–Crippen MR) is 299 cm³/mol. The van der Waals surface area contributed by atoms with Crippen molar-refractivity contribution in [1.82, 2.24) is 0 Å². The molecule has 8 aromatic rings. The van der Waals surface area contributed by atoms with Crippen molar-refractivity contribution in [2.45, 2.75) is 53.4 Å². The number of hydrogen-bond acceptors (Lipinski definition) is 13. The average Bonchev–Trinajstić information content (AvgIpc) is 3.42. The number of anilines is 4. The number of carbonyl (C=O) groups excluding carboxylic acids is 4. The van der Waals surface area contributed by atoms with Gasteiger partial charge in [0, 0.05) is 87.6 Å². The van der Waals surface area contributed by atoms with Crippen LogP contribution in [0, 0.1) is 34.1 Å². The third kappa shape index (κ3) is 15.0. The van der Waals surface area contributed by atoms with E-state index >= 15 is 0 Å². The molecule has 0 aliphatic heterocycles. The topological polar surface area (TPSA) is 253 Å². The van der Waals surface area contributed by atoms with Crippen LogP contribution in [0.15, 0.2) is 158 Å². The molecule has 0 heterocycles. The number of nitro benzene ring substituents is 2. The smallest absolute Gasteiger partial charge is 0.419 e. The molecule has 0 saturated heterocycles. The molecule has 0 aliphatic rings. The van der Waals surface area contributed by atoms with E-state index in [-0.39, 0.29) is 51.4 Å². The number of aromatic hydroxyl groups is 2. The van der Waals surface area contributed by atoms with E-state index in [0.717, 1.165) is 53.7 Å². The SMILES string of the molecule is CCCCN(C(=O)Oc1ccc([N+](=O)[O-])cc1)c1cccc2c(O)c(C(=O)Nc3ccccc3C)ccc12.CCCCNc1cccc2c(O)c(C(=O)Nc3ccccc3C)ccc12.O=C(Cl)Oc1ccc([N+](=O)[O-])cc1. The van der Waals surface area contributed by atoms with Gasteiger partial charge in [-0.2, -0.15) is 0 Å². The number of benzene rings is 8. The van der Waals surface area contributed by atoms with Gasteiger partial charge < -0.3 is 35.6 Å². The van der Waals surface area contributed by atoms with Crippen molar-refractivity contribution in [2.24, 2.45) is 0 Å². The second-order valence-electron chi connectivity index (χ2n) is 17.2. The van der Waals surface area contributed by atoms with Gasteiger partial charge in [0.25, 0.3) is 23.2 Å². The molecule has 5 N–H and O–H groups in total. The fourth-order valence-corrected chi connectivity index (χ4v) is 7.86. The number of unbranched alkanes of at least 4 members (excludes halogenated alkanes) is 2. The molecule has 396 valence electrons. The molecule has 0 saturated carbocycles. The summed E-state index contributed by atoms with van der Waals surface area (Å²) in [4.78, 5) is 70.6. The van der Waals surface area contributed by atoms with Crippen molar-refractivity contribution >= 4 is 90.6 Å². The highest BCUT2D eigenvalue weighted by Crippen LogP contribution is 2.37. The fraction of sp³-hybridized carbons (Fsp3) is 0.172. The van der Waals surface area contributed by atoms with Crippen LogP contribution in [-0.4, -0.2) is 56.5 Å². The minimum Gasteiger partial charge on any atom is -0.506 e. The van der Waals surface area contributed by atoms with Crippen molar-refractivity contribution in [2.75, 3.05) is 33.9 Å². The van der Waals surface area contributed by atoms with Crippen LogP contribution >= 0.6 is 11.6 Å². The van der Waals surface area contributed by atoms with Crippen molar-refractivity contribution in [3.8, 4) is 23.0 Å². The zero-order valence-electron chi connectivity index (χ0n) is 42.5. The summed E-state index contributed by atoms with van der Waals surface area (Å²) in [6, 6.07) is 42.8. The maximum absolute atomic E-state index is 13.2. The Labute approximate surface area is 448 Å². The van der Waals surface area contributed by atoms with E-state index in [1.54, 1.807) is 36.4 Å². The van der Waals surface area contributed by atoms with E-state index in [1.807, 2.05) is 87.5 Å².